The maximum atomic E-state index is 11.0. The van der Waals surface area contributed by atoms with Crippen molar-refractivity contribution in [1.29, 1.82) is 0 Å². The largest absolute Gasteiger partial charge is 0.497 e. The minimum Gasteiger partial charge on any atom is -0.497 e. The van der Waals surface area contributed by atoms with Gasteiger partial charge in [-0.15, -0.1) is 10.2 Å². The SMILES string of the molecule is CCCc1nnc(SCCOc2ccc(OC)cc2)n1CC(=O)O. The summed E-state index contributed by atoms with van der Waals surface area (Å²) in [7, 11) is 1.62. The second kappa shape index (κ2) is 9.17. The van der Waals surface area contributed by atoms with Crippen LogP contribution < -0.4 is 9.47 Å². The van der Waals surface area contributed by atoms with Gasteiger partial charge in [-0.3, -0.25) is 9.36 Å². The molecule has 0 fully saturated rings. The lowest BCUT2D eigenvalue weighted by Crippen LogP contribution is -2.13. The molecule has 24 heavy (non-hydrogen) atoms. The molecule has 0 amide bonds. The highest BCUT2D eigenvalue weighted by atomic mass is 32.2. The highest BCUT2D eigenvalue weighted by Gasteiger charge is 2.14. The van der Waals surface area contributed by atoms with Gasteiger partial charge in [-0.1, -0.05) is 18.7 Å². The van der Waals surface area contributed by atoms with Gasteiger partial charge in [0.25, 0.3) is 0 Å². The number of methoxy groups -OCH3 is 1. The normalized spacial score (nSPS) is 10.6. The number of nitrogens with zero attached hydrogens (tertiary/aromatic N) is 3. The van der Waals surface area contributed by atoms with Crippen LogP contribution in [0.1, 0.15) is 19.2 Å². The quantitative estimate of drug-likeness (QED) is 0.520. The van der Waals surface area contributed by atoms with Crippen molar-refractivity contribution in [3.63, 3.8) is 0 Å². The molecule has 0 spiro atoms. The number of aromatic nitrogens is 3. The predicted octanol–water partition coefficient (Wildman–Crippen LogP) is 2.49. The Morgan fingerprint density at radius 3 is 2.58 bits per heavy atom. The van der Waals surface area contributed by atoms with E-state index >= 15 is 0 Å². The Bertz CT molecular complexity index is 658. The smallest absolute Gasteiger partial charge is 0.323 e. The molecular formula is C16H21N3O4S. The van der Waals surface area contributed by atoms with Crippen molar-refractivity contribution in [3.05, 3.63) is 30.1 Å². The van der Waals surface area contributed by atoms with Crippen LogP contribution in [0.15, 0.2) is 29.4 Å². The summed E-state index contributed by atoms with van der Waals surface area (Å²) in [6.07, 6.45) is 1.60. The van der Waals surface area contributed by atoms with Gasteiger partial charge in [0.2, 0.25) is 0 Å². The van der Waals surface area contributed by atoms with Gasteiger partial charge in [0.1, 0.15) is 23.9 Å². The number of hydrogen-bond donors (Lipinski definition) is 1. The zero-order chi connectivity index (χ0) is 17.4. The van der Waals surface area contributed by atoms with E-state index in [1.54, 1.807) is 11.7 Å². The molecule has 0 saturated carbocycles. The van der Waals surface area contributed by atoms with Gasteiger partial charge in [-0.25, -0.2) is 0 Å². The first-order valence-corrected chi connectivity index (χ1v) is 8.66. The van der Waals surface area contributed by atoms with Gasteiger partial charge in [-0.05, 0) is 30.7 Å². The van der Waals surface area contributed by atoms with Crippen LogP contribution in [0.4, 0.5) is 0 Å². The van der Waals surface area contributed by atoms with Gasteiger partial charge in [-0.2, -0.15) is 0 Å². The standard InChI is InChI=1S/C16H21N3O4S/c1-3-4-14-17-18-16(19(14)11-15(20)21)24-10-9-23-13-7-5-12(22-2)6-8-13/h5-8H,3-4,9-11H2,1-2H3,(H,20,21). The highest BCUT2D eigenvalue weighted by Crippen LogP contribution is 2.20. The van der Waals surface area contributed by atoms with Crippen LogP contribution in [0.2, 0.25) is 0 Å². The Labute approximate surface area is 145 Å². The Hall–Kier alpha value is -2.22. The molecule has 0 aliphatic rings. The molecule has 130 valence electrons. The van der Waals surface area contributed by atoms with Crippen LogP contribution in [0, 0.1) is 0 Å². The molecular weight excluding hydrogens is 330 g/mol. The number of aryl methyl sites for hydroxylation is 1. The number of carboxylic acids is 1. The van der Waals surface area contributed by atoms with E-state index in [-0.39, 0.29) is 6.54 Å². The topological polar surface area (TPSA) is 86.5 Å². The predicted molar refractivity (Wildman–Crippen MR) is 90.9 cm³/mol. The number of carbonyl (C=O) groups is 1. The zero-order valence-electron chi connectivity index (χ0n) is 13.8. The van der Waals surface area contributed by atoms with Crippen molar-refractivity contribution in [3.8, 4) is 11.5 Å². The van der Waals surface area contributed by atoms with E-state index in [1.165, 1.54) is 11.8 Å². The third kappa shape index (κ3) is 5.16. The van der Waals surface area contributed by atoms with Crippen LogP contribution in [0.3, 0.4) is 0 Å². The molecule has 0 radical (unpaired) electrons. The summed E-state index contributed by atoms with van der Waals surface area (Å²) in [6, 6.07) is 7.36. The van der Waals surface area contributed by atoms with Gasteiger partial charge >= 0.3 is 5.97 Å². The first-order chi connectivity index (χ1) is 11.6. The Morgan fingerprint density at radius 1 is 1.25 bits per heavy atom. The van der Waals surface area contributed by atoms with E-state index in [1.807, 2.05) is 31.2 Å². The zero-order valence-corrected chi connectivity index (χ0v) is 14.6. The first kappa shape index (κ1) is 18.1. The number of hydrogen-bond acceptors (Lipinski definition) is 6. The number of benzene rings is 1. The van der Waals surface area contributed by atoms with Gasteiger partial charge in [0.15, 0.2) is 5.16 Å². The summed E-state index contributed by atoms with van der Waals surface area (Å²) in [4.78, 5) is 11.0. The van der Waals surface area contributed by atoms with E-state index in [9.17, 15) is 4.79 Å². The van der Waals surface area contributed by atoms with Gasteiger partial charge < -0.3 is 14.6 Å². The van der Waals surface area contributed by atoms with Crippen LogP contribution in [0.5, 0.6) is 11.5 Å². The third-order valence-electron chi connectivity index (χ3n) is 3.20. The fourth-order valence-corrected chi connectivity index (χ4v) is 2.87. The Kier molecular flexibility index (Phi) is 6.92. The third-order valence-corrected chi connectivity index (χ3v) is 4.13. The minimum atomic E-state index is -0.900. The summed E-state index contributed by atoms with van der Waals surface area (Å²) in [5.41, 5.74) is 0. The second-order valence-corrected chi connectivity index (χ2v) is 6.06. The highest BCUT2D eigenvalue weighted by molar-refractivity contribution is 7.99. The molecule has 0 aliphatic carbocycles. The average Bonchev–Trinajstić information content (AvgIpc) is 2.94. The van der Waals surface area contributed by atoms with E-state index in [2.05, 4.69) is 10.2 Å². The van der Waals surface area contributed by atoms with Gasteiger partial charge in [0, 0.05) is 12.2 Å². The van der Waals surface area contributed by atoms with Crippen molar-refractivity contribution in [1.82, 2.24) is 14.8 Å². The lowest BCUT2D eigenvalue weighted by molar-refractivity contribution is -0.137. The molecule has 8 heteroatoms. The lowest BCUT2D eigenvalue weighted by Gasteiger charge is -2.08. The van der Waals surface area contributed by atoms with E-state index in [0.717, 1.165) is 17.9 Å². The number of rotatable bonds is 10. The molecule has 0 bridgehead atoms. The first-order valence-electron chi connectivity index (χ1n) is 7.67. The summed E-state index contributed by atoms with van der Waals surface area (Å²) in [5.74, 6) is 1.99. The van der Waals surface area contributed by atoms with Crippen LogP contribution in [-0.2, 0) is 17.8 Å². The molecule has 1 heterocycles. The molecule has 0 atom stereocenters. The summed E-state index contributed by atoms with van der Waals surface area (Å²) in [5, 5.41) is 17.8. The monoisotopic (exact) mass is 351 g/mol. The number of ether oxygens (including phenoxy) is 2. The van der Waals surface area contributed by atoms with E-state index < -0.39 is 5.97 Å². The molecule has 0 unspecified atom stereocenters. The second-order valence-electron chi connectivity index (χ2n) is 5.00. The molecule has 1 aromatic carbocycles. The molecule has 2 aromatic rings. The summed E-state index contributed by atoms with van der Waals surface area (Å²) < 4.78 is 12.4. The fraction of sp³-hybridized carbons (Fsp3) is 0.438. The summed E-state index contributed by atoms with van der Waals surface area (Å²) in [6.45, 7) is 2.39. The van der Waals surface area contributed by atoms with Crippen molar-refractivity contribution in [2.45, 2.75) is 31.5 Å². The van der Waals surface area contributed by atoms with Crippen LogP contribution in [0.25, 0.3) is 0 Å². The van der Waals surface area contributed by atoms with Crippen molar-refractivity contribution >= 4 is 17.7 Å². The van der Waals surface area contributed by atoms with E-state index in [0.29, 0.717) is 29.8 Å². The maximum Gasteiger partial charge on any atom is 0.323 e. The maximum absolute atomic E-state index is 11.0. The Morgan fingerprint density at radius 2 is 1.96 bits per heavy atom. The van der Waals surface area contributed by atoms with Gasteiger partial charge in [0.05, 0.1) is 13.7 Å². The van der Waals surface area contributed by atoms with Crippen molar-refractivity contribution < 1.29 is 19.4 Å². The van der Waals surface area contributed by atoms with E-state index in [4.69, 9.17) is 14.6 Å². The average molecular weight is 351 g/mol. The number of thioether (sulfide) groups is 1. The summed E-state index contributed by atoms with van der Waals surface area (Å²) >= 11 is 1.44. The van der Waals surface area contributed by atoms with Crippen LogP contribution in [-0.4, -0.2) is 45.3 Å². The number of aliphatic carboxylic acids is 1. The molecule has 7 nitrogen and oxygen atoms in total. The van der Waals surface area contributed by atoms with Crippen LogP contribution >= 0.6 is 11.8 Å². The molecule has 1 N–H and O–H groups in total. The fourth-order valence-electron chi connectivity index (χ4n) is 2.09. The molecule has 1 aromatic heterocycles. The lowest BCUT2D eigenvalue weighted by atomic mass is 10.3. The molecule has 0 aliphatic heterocycles. The molecule has 0 saturated heterocycles. The molecule has 2 rings (SSSR count). The number of carboxylic acid groups (broad SMARTS) is 1. The Balaban J connectivity index is 1.87. The van der Waals surface area contributed by atoms with Crippen molar-refractivity contribution in [2.75, 3.05) is 19.5 Å². The van der Waals surface area contributed by atoms with Crippen molar-refractivity contribution in [2.24, 2.45) is 0 Å². The minimum absolute atomic E-state index is 0.121.